The SMILES string of the molecule is CC(N)C(C)C(=O)Cc1nc2ccccc2n1C. The van der Waals surface area contributed by atoms with E-state index in [1.165, 1.54) is 0 Å². The Morgan fingerprint density at radius 1 is 1.39 bits per heavy atom. The number of rotatable bonds is 4. The molecule has 2 rings (SSSR count). The van der Waals surface area contributed by atoms with Crippen molar-refractivity contribution in [3.8, 4) is 0 Å². The van der Waals surface area contributed by atoms with E-state index in [0.717, 1.165) is 16.9 Å². The first-order valence-corrected chi connectivity index (χ1v) is 6.19. The lowest BCUT2D eigenvalue weighted by molar-refractivity contribution is -0.122. The number of benzene rings is 1. The lowest BCUT2D eigenvalue weighted by atomic mass is 9.97. The fraction of sp³-hybridized carbons (Fsp3) is 0.429. The summed E-state index contributed by atoms with van der Waals surface area (Å²) in [6.07, 6.45) is 0.341. The summed E-state index contributed by atoms with van der Waals surface area (Å²) in [7, 11) is 1.94. The molecule has 1 heterocycles. The van der Waals surface area contributed by atoms with Gasteiger partial charge in [0.05, 0.1) is 17.5 Å². The first-order chi connectivity index (χ1) is 8.50. The fourth-order valence-corrected chi connectivity index (χ4v) is 1.96. The van der Waals surface area contributed by atoms with E-state index in [2.05, 4.69) is 4.98 Å². The Labute approximate surface area is 107 Å². The highest BCUT2D eigenvalue weighted by Gasteiger charge is 2.19. The summed E-state index contributed by atoms with van der Waals surface area (Å²) in [5.41, 5.74) is 7.73. The molecule has 4 heteroatoms. The van der Waals surface area contributed by atoms with Gasteiger partial charge in [-0.05, 0) is 19.1 Å². The quantitative estimate of drug-likeness (QED) is 0.891. The number of ketones is 1. The van der Waals surface area contributed by atoms with Crippen LogP contribution in [-0.2, 0) is 18.3 Å². The summed E-state index contributed by atoms with van der Waals surface area (Å²) >= 11 is 0. The molecule has 2 aromatic rings. The molecule has 2 atom stereocenters. The fourth-order valence-electron chi connectivity index (χ4n) is 1.96. The molecule has 1 aromatic heterocycles. The van der Waals surface area contributed by atoms with Crippen LogP contribution in [0.2, 0.25) is 0 Å². The number of Topliss-reactive ketones (excluding diaryl/α,β-unsaturated/α-hetero) is 1. The van der Waals surface area contributed by atoms with Crippen LogP contribution in [0.3, 0.4) is 0 Å². The number of para-hydroxylation sites is 2. The van der Waals surface area contributed by atoms with Gasteiger partial charge in [0, 0.05) is 19.0 Å². The molecule has 0 fully saturated rings. The minimum atomic E-state index is -0.134. The first-order valence-electron chi connectivity index (χ1n) is 6.19. The van der Waals surface area contributed by atoms with Crippen molar-refractivity contribution >= 4 is 16.8 Å². The molecule has 2 N–H and O–H groups in total. The monoisotopic (exact) mass is 245 g/mol. The molecule has 18 heavy (non-hydrogen) atoms. The van der Waals surface area contributed by atoms with E-state index in [9.17, 15) is 4.79 Å². The third kappa shape index (κ3) is 2.29. The molecule has 0 amide bonds. The van der Waals surface area contributed by atoms with E-state index in [1.54, 1.807) is 0 Å². The van der Waals surface area contributed by atoms with Crippen molar-refractivity contribution in [2.75, 3.05) is 0 Å². The molecule has 0 bridgehead atoms. The third-order valence-electron chi connectivity index (χ3n) is 3.51. The Hall–Kier alpha value is -1.68. The zero-order valence-electron chi connectivity index (χ0n) is 11.1. The van der Waals surface area contributed by atoms with Crippen LogP contribution in [0.1, 0.15) is 19.7 Å². The van der Waals surface area contributed by atoms with Crippen molar-refractivity contribution in [2.45, 2.75) is 26.3 Å². The van der Waals surface area contributed by atoms with Gasteiger partial charge in [-0.2, -0.15) is 0 Å². The van der Waals surface area contributed by atoms with Gasteiger partial charge in [0.1, 0.15) is 11.6 Å². The first kappa shape index (κ1) is 12.8. The molecule has 0 saturated heterocycles. The molecule has 0 aliphatic rings. The van der Waals surface area contributed by atoms with Crippen LogP contribution in [0.5, 0.6) is 0 Å². The summed E-state index contributed by atoms with van der Waals surface area (Å²) in [6, 6.07) is 7.77. The lowest BCUT2D eigenvalue weighted by Gasteiger charge is -2.13. The number of imidazole rings is 1. The van der Waals surface area contributed by atoms with Gasteiger partial charge in [-0.15, -0.1) is 0 Å². The van der Waals surface area contributed by atoms with Crippen molar-refractivity contribution < 1.29 is 4.79 Å². The maximum absolute atomic E-state index is 12.0. The molecular formula is C14H19N3O. The van der Waals surface area contributed by atoms with Crippen LogP contribution in [0.25, 0.3) is 11.0 Å². The summed E-state index contributed by atoms with van der Waals surface area (Å²) in [5.74, 6) is 0.807. The number of hydrogen-bond acceptors (Lipinski definition) is 3. The normalized spacial score (nSPS) is 14.7. The minimum Gasteiger partial charge on any atom is -0.331 e. The molecule has 0 radical (unpaired) electrons. The predicted molar refractivity (Wildman–Crippen MR) is 72.2 cm³/mol. The highest BCUT2D eigenvalue weighted by atomic mass is 16.1. The van der Waals surface area contributed by atoms with Crippen molar-refractivity contribution in [1.29, 1.82) is 0 Å². The number of aromatic nitrogens is 2. The molecule has 0 saturated carbocycles. The molecule has 4 nitrogen and oxygen atoms in total. The number of fused-ring (bicyclic) bond motifs is 1. The number of carbonyl (C=O) groups is 1. The van der Waals surface area contributed by atoms with Gasteiger partial charge in [-0.25, -0.2) is 4.98 Å². The van der Waals surface area contributed by atoms with Crippen molar-refractivity contribution in [3.63, 3.8) is 0 Å². The number of hydrogen-bond donors (Lipinski definition) is 1. The summed E-state index contributed by atoms with van der Waals surface area (Å²) in [6.45, 7) is 3.73. The van der Waals surface area contributed by atoms with E-state index in [0.29, 0.717) is 6.42 Å². The maximum Gasteiger partial charge on any atom is 0.144 e. The van der Waals surface area contributed by atoms with Gasteiger partial charge in [0.2, 0.25) is 0 Å². The number of nitrogens with zero attached hydrogens (tertiary/aromatic N) is 2. The minimum absolute atomic E-state index is 0.118. The molecular weight excluding hydrogens is 226 g/mol. The molecule has 0 aliphatic heterocycles. The smallest absolute Gasteiger partial charge is 0.144 e. The van der Waals surface area contributed by atoms with Crippen LogP contribution in [0.15, 0.2) is 24.3 Å². The van der Waals surface area contributed by atoms with E-state index >= 15 is 0 Å². The Bertz CT molecular complexity index is 571. The van der Waals surface area contributed by atoms with Crippen LogP contribution in [0.4, 0.5) is 0 Å². The van der Waals surface area contributed by atoms with Crippen LogP contribution in [-0.4, -0.2) is 21.4 Å². The van der Waals surface area contributed by atoms with Crippen LogP contribution < -0.4 is 5.73 Å². The zero-order chi connectivity index (χ0) is 13.3. The molecule has 96 valence electrons. The van der Waals surface area contributed by atoms with E-state index < -0.39 is 0 Å². The number of aryl methyl sites for hydroxylation is 1. The van der Waals surface area contributed by atoms with E-state index in [-0.39, 0.29) is 17.7 Å². The highest BCUT2D eigenvalue weighted by molar-refractivity contribution is 5.84. The largest absolute Gasteiger partial charge is 0.331 e. The van der Waals surface area contributed by atoms with Crippen molar-refractivity contribution in [2.24, 2.45) is 18.7 Å². The Balaban J connectivity index is 2.27. The molecule has 1 aromatic carbocycles. The zero-order valence-corrected chi connectivity index (χ0v) is 11.1. The Kier molecular flexibility index (Phi) is 3.48. The van der Waals surface area contributed by atoms with Crippen LogP contribution in [0, 0.1) is 5.92 Å². The predicted octanol–water partition coefficient (Wildman–Crippen LogP) is 1.67. The second-order valence-corrected chi connectivity index (χ2v) is 4.87. The second-order valence-electron chi connectivity index (χ2n) is 4.87. The summed E-state index contributed by atoms with van der Waals surface area (Å²) in [5, 5.41) is 0. The van der Waals surface area contributed by atoms with Gasteiger partial charge in [0.15, 0.2) is 0 Å². The van der Waals surface area contributed by atoms with Gasteiger partial charge in [0.25, 0.3) is 0 Å². The molecule has 0 aliphatic carbocycles. The number of carbonyl (C=O) groups excluding carboxylic acids is 1. The topological polar surface area (TPSA) is 60.9 Å². The van der Waals surface area contributed by atoms with Gasteiger partial charge in [-0.1, -0.05) is 19.1 Å². The van der Waals surface area contributed by atoms with E-state index in [1.807, 2.05) is 49.7 Å². The van der Waals surface area contributed by atoms with Crippen molar-refractivity contribution in [3.05, 3.63) is 30.1 Å². The molecule has 2 unspecified atom stereocenters. The second kappa shape index (κ2) is 4.90. The standard InChI is InChI=1S/C14H19N3O/c1-9(10(2)15)13(18)8-14-16-11-6-4-5-7-12(11)17(14)3/h4-7,9-10H,8,15H2,1-3H3. The average Bonchev–Trinajstić information content (AvgIpc) is 2.66. The Morgan fingerprint density at radius 3 is 2.67 bits per heavy atom. The maximum atomic E-state index is 12.0. The van der Waals surface area contributed by atoms with Gasteiger partial charge < -0.3 is 10.3 Å². The third-order valence-corrected chi connectivity index (χ3v) is 3.51. The van der Waals surface area contributed by atoms with Crippen LogP contribution >= 0.6 is 0 Å². The lowest BCUT2D eigenvalue weighted by Crippen LogP contribution is -2.32. The van der Waals surface area contributed by atoms with E-state index in [4.69, 9.17) is 5.73 Å². The van der Waals surface area contributed by atoms with Gasteiger partial charge in [-0.3, -0.25) is 4.79 Å². The Morgan fingerprint density at radius 2 is 2.06 bits per heavy atom. The average molecular weight is 245 g/mol. The molecule has 0 spiro atoms. The summed E-state index contributed by atoms with van der Waals surface area (Å²) < 4.78 is 1.97. The highest BCUT2D eigenvalue weighted by Crippen LogP contribution is 2.16. The number of nitrogens with two attached hydrogens (primary N) is 1. The van der Waals surface area contributed by atoms with Gasteiger partial charge >= 0.3 is 0 Å². The summed E-state index contributed by atoms with van der Waals surface area (Å²) in [4.78, 5) is 16.5. The van der Waals surface area contributed by atoms with Crippen molar-refractivity contribution in [1.82, 2.24) is 9.55 Å².